The summed E-state index contributed by atoms with van der Waals surface area (Å²) >= 11 is 1.39. The summed E-state index contributed by atoms with van der Waals surface area (Å²) in [7, 11) is 1.86. The third-order valence-electron chi connectivity index (χ3n) is 4.21. The van der Waals surface area contributed by atoms with Gasteiger partial charge in [0.1, 0.15) is 10.6 Å². The van der Waals surface area contributed by atoms with Gasteiger partial charge in [0.15, 0.2) is 0 Å². The summed E-state index contributed by atoms with van der Waals surface area (Å²) in [6.45, 7) is 1.92. The zero-order valence-corrected chi connectivity index (χ0v) is 16.1. The molecule has 0 bridgehead atoms. The normalized spacial score (nSPS) is 10.8. The van der Waals surface area contributed by atoms with Gasteiger partial charge in [0, 0.05) is 29.9 Å². The van der Waals surface area contributed by atoms with E-state index >= 15 is 0 Å². The number of thiophene rings is 1. The number of rotatable bonds is 4. The minimum absolute atomic E-state index is 0.220. The van der Waals surface area contributed by atoms with E-state index in [0.717, 1.165) is 15.9 Å². The highest BCUT2D eigenvalue weighted by molar-refractivity contribution is 7.20. The van der Waals surface area contributed by atoms with Gasteiger partial charge in [-0.25, -0.2) is 4.98 Å². The molecule has 3 heterocycles. The summed E-state index contributed by atoms with van der Waals surface area (Å²) in [4.78, 5) is 30.7. The van der Waals surface area contributed by atoms with E-state index in [1.807, 2.05) is 20.0 Å². The Labute approximate surface area is 165 Å². The molecule has 28 heavy (non-hydrogen) atoms. The van der Waals surface area contributed by atoms with Gasteiger partial charge < -0.3 is 10.6 Å². The Morgan fingerprint density at radius 2 is 1.89 bits per heavy atom. The van der Waals surface area contributed by atoms with Crippen LogP contribution in [-0.2, 0) is 7.05 Å². The summed E-state index contributed by atoms with van der Waals surface area (Å²) in [5.74, 6) is -0.0440. The average Bonchev–Trinajstić information content (AvgIpc) is 3.24. The van der Waals surface area contributed by atoms with E-state index in [1.165, 1.54) is 11.3 Å². The van der Waals surface area contributed by atoms with Crippen molar-refractivity contribution < 1.29 is 9.59 Å². The molecule has 2 N–H and O–H groups in total. The SMILES string of the molecule is Cc1nn(C)c2sc(C(=O)Nc3cccc(C(=O)Nc4ccccn4)c3)cc12. The van der Waals surface area contributed by atoms with Gasteiger partial charge in [-0.1, -0.05) is 12.1 Å². The first kappa shape index (κ1) is 17.9. The van der Waals surface area contributed by atoms with Gasteiger partial charge in [0.05, 0.1) is 10.6 Å². The molecule has 8 heteroatoms. The number of carbonyl (C=O) groups is 2. The lowest BCUT2D eigenvalue weighted by atomic mass is 10.2. The van der Waals surface area contributed by atoms with E-state index in [-0.39, 0.29) is 11.8 Å². The monoisotopic (exact) mass is 391 g/mol. The predicted molar refractivity (Wildman–Crippen MR) is 110 cm³/mol. The molecule has 0 saturated heterocycles. The zero-order chi connectivity index (χ0) is 19.7. The van der Waals surface area contributed by atoms with Crippen molar-refractivity contribution in [2.45, 2.75) is 6.92 Å². The van der Waals surface area contributed by atoms with Crippen LogP contribution < -0.4 is 10.6 Å². The number of fused-ring (bicyclic) bond motifs is 1. The molecule has 0 aliphatic rings. The predicted octanol–water partition coefficient (Wildman–Crippen LogP) is 3.84. The standard InChI is InChI=1S/C20H17N5O2S/c1-12-15-11-16(28-20(15)25(2)24-12)19(27)22-14-7-5-6-13(10-14)18(26)23-17-8-3-4-9-21-17/h3-11H,1-2H3,(H,22,27)(H,21,23,26). The Kier molecular flexibility index (Phi) is 4.62. The third-order valence-corrected chi connectivity index (χ3v) is 5.41. The summed E-state index contributed by atoms with van der Waals surface area (Å²) in [5, 5.41) is 10.9. The molecular weight excluding hydrogens is 374 g/mol. The minimum atomic E-state index is -0.293. The molecule has 0 fully saturated rings. The maximum Gasteiger partial charge on any atom is 0.265 e. The second-order valence-corrected chi connectivity index (χ2v) is 7.27. The topological polar surface area (TPSA) is 88.9 Å². The number of aromatic nitrogens is 3. The van der Waals surface area contributed by atoms with Crippen LogP contribution in [0.2, 0.25) is 0 Å². The summed E-state index contributed by atoms with van der Waals surface area (Å²) in [6.07, 6.45) is 1.61. The minimum Gasteiger partial charge on any atom is -0.321 e. The number of hydrogen-bond acceptors (Lipinski definition) is 5. The largest absolute Gasteiger partial charge is 0.321 e. The highest BCUT2D eigenvalue weighted by Crippen LogP contribution is 2.28. The van der Waals surface area contributed by atoms with Crippen LogP contribution in [0.15, 0.2) is 54.7 Å². The molecule has 0 unspecified atom stereocenters. The lowest BCUT2D eigenvalue weighted by Crippen LogP contribution is -2.14. The van der Waals surface area contributed by atoms with Crippen LogP contribution in [0.25, 0.3) is 10.2 Å². The second kappa shape index (κ2) is 7.24. The number of nitrogens with one attached hydrogen (secondary N) is 2. The summed E-state index contributed by atoms with van der Waals surface area (Å²) in [6, 6.07) is 13.9. The number of carbonyl (C=O) groups excluding carboxylic acids is 2. The molecule has 0 radical (unpaired) electrons. The second-order valence-electron chi connectivity index (χ2n) is 6.24. The Morgan fingerprint density at radius 3 is 2.64 bits per heavy atom. The highest BCUT2D eigenvalue weighted by atomic mass is 32.1. The molecule has 0 spiro atoms. The zero-order valence-electron chi connectivity index (χ0n) is 15.3. The third kappa shape index (κ3) is 3.49. The Hall–Kier alpha value is -3.52. The first-order valence-corrected chi connectivity index (χ1v) is 9.40. The van der Waals surface area contributed by atoms with Gasteiger partial charge in [-0.15, -0.1) is 11.3 Å². The molecule has 0 aliphatic heterocycles. The fourth-order valence-corrected chi connectivity index (χ4v) is 3.89. The molecule has 4 rings (SSSR count). The molecule has 0 saturated carbocycles. The fourth-order valence-electron chi connectivity index (χ4n) is 2.87. The average molecular weight is 391 g/mol. The lowest BCUT2D eigenvalue weighted by Gasteiger charge is -2.07. The van der Waals surface area contributed by atoms with Crippen LogP contribution in [-0.4, -0.2) is 26.6 Å². The van der Waals surface area contributed by atoms with E-state index in [0.29, 0.717) is 21.9 Å². The van der Waals surface area contributed by atoms with Crippen LogP contribution in [0.5, 0.6) is 0 Å². The van der Waals surface area contributed by atoms with Gasteiger partial charge in [-0.2, -0.15) is 5.10 Å². The molecule has 140 valence electrons. The molecule has 0 aliphatic carbocycles. The van der Waals surface area contributed by atoms with E-state index in [9.17, 15) is 9.59 Å². The molecule has 3 aromatic heterocycles. The number of amides is 2. The molecule has 0 atom stereocenters. The highest BCUT2D eigenvalue weighted by Gasteiger charge is 2.16. The van der Waals surface area contributed by atoms with Crippen molar-refractivity contribution in [1.29, 1.82) is 0 Å². The fraction of sp³-hybridized carbons (Fsp3) is 0.100. The number of pyridine rings is 1. The van der Waals surface area contributed by atoms with Gasteiger partial charge in [0.2, 0.25) is 0 Å². The molecule has 1 aromatic carbocycles. The van der Waals surface area contributed by atoms with Crippen LogP contribution in [0.4, 0.5) is 11.5 Å². The lowest BCUT2D eigenvalue weighted by molar-refractivity contribution is 0.101. The van der Waals surface area contributed by atoms with Gasteiger partial charge in [0.25, 0.3) is 11.8 Å². The van der Waals surface area contributed by atoms with Gasteiger partial charge in [-0.3, -0.25) is 14.3 Å². The van der Waals surface area contributed by atoms with Crippen molar-refractivity contribution in [2.75, 3.05) is 10.6 Å². The Bertz CT molecular complexity index is 1150. The number of anilines is 2. The summed E-state index contributed by atoms with van der Waals surface area (Å²) < 4.78 is 1.77. The quantitative estimate of drug-likeness (QED) is 0.553. The van der Waals surface area contributed by atoms with E-state index in [2.05, 4.69) is 20.7 Å². The van der Waals surface area contributed by atoms with Crippen LogP contribution >= 0.6 is 11.3 Å². The van der Waals surface area contributed by atoms with Crippen LogP contribution in [0.1, 0.15) is 25.7 Å². The smallest absolute Gasteiger partial charge is 0.265 e. The van der Waals surface area contributed by atoms with E-state index in [4.69, 9.17) is 0 Å². The van der Waals surface area contributed by atoms with Crippen molar-refractivity contribution >= 4 is 44.9 Å². The molecular formula is C20H17N5O2S. The maximum absolute atomic E-state index is 12.6. The van der Waals surface area contributed by atoms with Crippen molar-refractivity contribution in [3.8, 4) is 0 Å². The number of benzene rings is 1. The van der Waals surface area contributed by atoms with Gasteiger partial charge in [-0.05, 0) is 43.3 Å². The van der Waals surface area contributed by atoms with Crippen molar-refractivity contribution in [1.82, 2.24) is 14.8 Å². The van der Waals surface area contributed by atoms with Crippen LogP contribution in [0.3, 0.4) is 0 Å². The molecule has 2 amide bonds. The Balaban J connectivity index is 1.51. The molecule has 4 aromatic rings. The van der Waals surface area contributed by atoms with Crippen molar-refractivity contribution in [3.05, 3.63) is 70.9 Å². The van der Waals surface area contributed by atoms with Crippen molar-refractivity contribution in [3.63, 3.8) is 0 Å². The van der Waals surface area contributed by atoms with Crippen LogP contribution in [0, 0.1) is 6.92 Å². The summed E-state index contributed by atoms with van der Waals surface area (Å²) in [5.41, 5.74) is 1.87. The Morgan fingerprint density at radius 1 is 1.04 bits per heavy atom. The van der Waals surface area contributed by atoms with Crippen molar-refractivity contribution in [2.24, 2.45) is 7.05 Å². The molecule has 7 nitrogen and oxygen atoms in total. The van der Waals surface area contributed by atoms with Gasteiger partial charge >= 0.3 is 0 Å². The van der Waals surface area contributed by atoms with E-state index in [1.54, 1.807) is 53.3 Å². The number of nitrogens with zero attached hydrogens (tertiary/aromatic N) is 3. The van der Waals surface area contributed by atoms with E-state index < -0.39 is 0 Å². The number of aryl methyl sites for hydroxylation is 2. The first-order chi connectivity index (χ1) is 13.5. The number of hydrogen-bond donors (Lipinski definition) is 2. The maximum atomic E-state index is 12.6. The first-order valence-electron chi connectivity index (χ1n) is 8.58.